The van der Waals surface area contributed by atoms with Crippen molar-refractivity contribution in [2.24, 2.45) is 0 Å². The van der Waals surface area contributed by atoms with Gasteiger partial charge in [0, 0.05) is 33.5 Å². The van der Waals surface area contributed by atoms with Crippen molar-refractivity contribution in [2.45, 2.75) is 0 Å². The van der Waals surface area contributed by atoms with Gasteiger partial charge in [0.25, 0.3) is 0 Å². The number of rotatable bonds is 8. The first-order valence-electron chi connectivity index (χ1n) is 19.2. The van der Waals surface area contributed by atoms with Gasteiger partial charge in [-0.1, -0.05) is 170 Å². The maximum Gasteiger partial charge on any atom is 0.0541 e. The van der Waals surface area contributed by atoms with Gasteiger partial charge in [0.05, 0.1) is 11.0 Å². The lowest BCUT2D eigenvalue weighted by atomic mass is 9.84. The minimum absolute atomic E-state index is 1.09. The third-order valence-corrected chi connectivity index (χ3v) is 10.8. The summed E-state index contributed by atoms with van der Waals surface area (Å²) < 4.78 is 2.37. The van der Waals surface area contributed by atoms with Crippen molar-refractivity contribution in [2.75, 3.05) is 4.90 Å². The van der Waals surface area contributed by atoms with Crippen LogP contribution in [0.3, 0.4) is 0 Å². The van der Waals surface area contributed by atoms with Crippen LogP contribution in [0.5, 0.6) is 0 Å². The predicted molar refractivity (Wildman–Crippen MR) is 237 cm³/mol. The first kappa shape index (κ1) is 33.2. The third-order valence-electron chi connectivity index (χ3n) is 10.8. The predicted octanol–water partition coefficient (Wildman–Crippen LogP) is 14.9. The number of nitrogens with zero attached hydrogens (tertiary/aromatic N) is 2. The molecule has 0 aliphatic rings. The molecule has 9 aromatic carbocycles. The number of fused-ring (bicyclic) bond motifs is 3. The second kappa shape index (κ2) is 14.4. The summed E-state index contributed by atoms with van der Waals surface area (Å²) >= 11 is 0. The Kier molecular flexibility index (Phi) is 8.55. The van der Waals surface area contributed by atoms with Crippen LogP contribution in [0, 0.1) is 0 Å². The first-order chi connectivity index (χ1) is 27.8. The molecule has 0 N–H and O–H groups in total. The largest absolute Gasteiger partial charge is 0.310 e. The van der Waals surface area contributed by atoms with Crippen LogP contribution in [0.25, 0.3) is 72.0 Å². The van der Waals surface area contributed by atoms with Crippen molar-refractivity contribution in [1.82, 2.24) is 4.57 Å². The van der Waals surface area contributed by atoms with Gasteiger partial charge >= 0.3 is 0 Å². The van der Waals surface area contributed by atoms with Crippen molar-refractivity contribution in [3.05, 3.63) is 231 Å². The van der Waals surface area contributed by atoms with E-state index in [1.807, 2.05) is 0 Å². The molecule has 0 atom stereocenters. The van der Waals surface area contributed by atoms with Crippen molar-refractivity contribution in [1.29, 1.82) is 0 Å². The molecule has 264 valence electrons. The normalized spacial score (nSPS) is 11.2. The molecule has 0 fully saturated rings. The highest BCUT2D eigenvalue weighted by molar-refractivity contribution is 6.09. The first-order valence-corrected chi connectivity index (χ1v) is 19.2. The molecule has 10 rings (SSSR count). The van der Waals surface area contributed by atoms with E-state index in [4.69, 9.17) is 0 Å². The molecule has 0 radical (unpaired) electrons. The van der Waals surface area contributed by atoms with Gasteiger partial charge < -0.3 is 9.47 Å². The van der Waals surface area contributed by atoms with E-state index in [1.54, 1.807) is 0 Å². The highest BCUT2D eigenvalue weighted by Gasteiger charge is 2.20. The second-order valence-corrected chi connectivity index (χ2v) is 14.1. The van der Waals surface area contributed by atoms with E-state index in [0.29, 0.717) is 0 Å². The Balaban J connectivity index is 1.13. The van der Waals surface area contributed by atoms with Crippen LogP contribution in [-0.4, -0.2) is 4.57 Å². The smallest absolute Gasteiger partial charge is 0.0541 e. The van der Waals surface area contributed by atoms with Gasteiger partial charge in [-0.05, 0) is 105 Å². The Labute approximate surface area is 327 Å². The molecule has 0 amide bonds. The summed E-state index contributed by atoms with van der Waals surface area (Å²) in [7, 11) is 0. The summed E-state index contributed by atoms with van der Waals surface area (Å²) in [5.74, 6) is 0. The van der Waals surface area contributed by atoms with E-state index in [1.165, 1.54) is 60.8 Å². The van der Waals surface area contributed by atoms with Crippen LogP contribution in [-0.2, 0) is 0 Å². The van der Waals surface area contributed by atoms with Crippen molar-refractivity contribution < 1.29 is 0 Å². The molecule has 0 bridgehead atoms. The molecular formula is C54H38N2. The molecule has 2 nitrogen and oxygen atoms in total. The summed E-state index contributed by atoms with van der Waals surface area (Å²) in [5.41, 5.74) is 16.4. The second-order valence-electron chi connectivity index (χ2n) is 14.1. The monoisotopic (exact) mass is 714 g/mol. The molecule has 1 heterocycles. The third kappa shape index (κ3) is 5.95. The lowest BCUT2D eigenvalue weighted by Gasteiger charge is -2.27. The Morgan fingerprint density at radius 1 is 0.286 bits per heavy atom. The lowest BCUT2D eigenvalue weighted by molar-refractivity contribution is 1.17. The van der Waals surface area contributed by atoms with Crippen LogP contribution in [0.1, 0.15) is 0 Å². The fourth-order valence-electron chi connectivity index (χ4n) is 8.30. The number of hydrogen-bond donors (Lipinski definition) is 0. The summed E-state index contributed by atoms with van der Waals surface area (Å²) in [6, 6.07) is 83.0. The van der Waals surface area contributed by atoms with Crippen LogP contribution in [0.4, 0.5) is 17.1 Å². The van der Waals surface area contributed by atoms with Gasteiger partial charge in [0.2, 0.25) is 0 Å². The summed E-state index contributed by atoms with van der Waals surface area (Å²) in [6.07, 6.45) is 0. The van der Waals surface area contributed by atoms with Gasteiger partial charge in [-0.15, -0.1) is 0 Å². The molecule has 0 aliphatic heterocycles. The number of para-hydroxylation sites is 3. The van der Waals surface area contributed by atoms with E-state index in [-0.39, 0.29) is 0 Å². The van der Waals surface area contributed by atoms with Crippen LogP contribution in [0.15, 0.2) is 231 Å². The van der Waals surface area contributed by atoms with Crippen LogP contribution in [0.2, 0.25) is 0 Å². The fourth-order valence-corrected chi connectivity index (χ4v) is 8.30. The zero-order chi connectivity index (χ0) is 37.3. The summed E-state index contributed by atoms with van der Waals surface area (Å²) in [6.45, 7) is 0. The average Bonchev–Trinajstić information content (AvgIpc) is 3.62. The van der Waals surface area contributed by atoms with Crippen molar-refractivity contribution in [3.8, 4) is 50.2 Å². The number of anilines is 3. The molecule has 0 saturated heterocycles. The molecule has 56 heavy (non-hydrogen) atoms. The van der Waals surface area contributed by atoms with E-state index in [2.05, 4.69) is 240 Å². The van der Waals surface area contributed by atoms with Crippen LogP contribution < -0.4 is 4.90 Å². The van der Waals surface area contributed by atoms with Gasteiger partial charge in [0.1, 0.15) is 0 Å². The Hall–Kier alpha value is -7.42. The highest BCUT2D eigenvalue weighted by atomic mass is 15.1. The molecule has 0 aliphatic carbocycles. The quantitative estimate of drug-likeness (QED) is 0.152. The van der Waals surface area contributed by atoms with E-state index in [9.17, 15) is 0 Å². The summed E-state index contributed by atoms with van der Waals surface area (Å²) in [5, 5.41) is 2.52. The molecule has 0 unspecified atom stereocenters. The molecular weight excluding hydrogens is 677 g/mol. The SMILES string of the molecule is c1ccc(-c2ccccc2-c2c(-c3ccccc3)cccc2-c2cccc(N(c3ccccc3)c3ccc(-n4c5ccccc5c5ccccc54)cc3)c2)cc1. The van der Waals surface area contributed by atoms with Gasteiger partial charge in [-0.3, -0.25) is 0 Å². The van der Waals surface area contributed by atoms with Crippen LogP contribution >= 0.6 is 0 Å². The standard InChI is InChI=1S/C54H38N2/c1-4-18-39(19-5-1)46-26-10-11-29-51(46)54-47(40-20-6-2-7-21-40)30-17-31-48(54)41-22-16-25-45(38-41)55(42-23-8-3-9-24-42)43-34-36-44(37-35-43)56-52-32-14-12-27-49(52)50-28-13-15-33-53(50)56/h1-38H. The van der Waals surface area contributed by atoms with Gasteiger partial charge in [-0.25, -0.2) is 0 Å². The topological polar surface area (TPSA) is 8.17 Å². The average molecular weight is 715 g/mol. The molecule has 0 spiro atoms. The number of benzene rings is 9. The molecule has 2 heteroatoms. The molecule has 1 aromatic heterocycles. The van der Waals surface area contributed by atoms with Gasteiger partial charge in [0.15, 0.2) is 0 Å². The van der Waals surface area contributed by atoms with E-state index < -0.39 is 0 Å². The Morgan fingerprint density at radius 3 is 1.36 bits per heavy atom. The zero-order valence-electron chi connectivity index (χ0n) is 30.8. The lowest BCUT2D eigenvalue weighted by Crippen LogP contribution is -2.10. The minimum Gasteiger partial charge on any atom is -0.310 e. The molecule has 0 saturated carbocycles. The maximum atomic E-state index is 2.37. The number of hydrogen-bond acceptors (Lipinski definition) is 1. The van der Waals surface area contributed by atoms with E-state index in [0.717, 1.165) is 28.3 Å². The molecule has 10 aromatic rings. The van der Waals surface area contributed by atoms with Crippen molar-refractivity contribution in [3.63, 3.8) is 0 Å². The minimum atomic E-state index is 1.09. The Morgan fingerprint density at radius 2 is 0.714 bits per heavy atom. The van der Waals surface area contributed by atoms with Gasteiger partial charge in [-0.2, -0.15) is 0 Å². The highest BCUT2D eigenvalue weighted by Crippen LogP contribution is 2.45. The number of aromatic nitrogens is 1. The summed E-state index contributed by atoms with van der Waals surface area (Å²) in [4.78, 5) is 2.36. The van der Waals surface area contributed by atoms with Crippen molar-refractivity contribution >= 4 is 38.9 Å². The maximum absolute atomic E-state index is 2.37. The fraction of sp³-hybridized carbons (Fsp3) is 0. The zero-order valence-corrected chi connectivity index (χ0v) is 30.8. The Bertz CT molecular complexity index is 2890. The van der Waals surface area contributed by atoms with E-state index >= 15 is 0 Å².